The Kier molecular flexibility index (Phi) is 10.9. The van der Waals surface area contributed by atoms with Crippen LogP contribution in [-0.2, 0) is 4.79 Å². The Morgan fingerprint density at radius 2 is 1.25 bits per heavy atom. The molecule has 3 rings (SSSR count). The standard InChI is InChI=1S/C29H46O3/c1-3-5-8-24-14-16-26(17-15-24)29(30)32-28-20-18-27(19-21-28)31-22-6-9-25-12-10-23(7-4-2)11-13-25/h18-21,23-26H,3-17,22H2,1-2H3/t23-,24-,25-,26-. The van der Waals surface area contributed by atoms with Gasteiger partial charge in [-0.2, -0.15) is 0 Å². The molecule has 0 N–H and O–H groups in total. The third-order valence-electron chi connectivity index (χ3n) is 7.88. The summed E-state index contributed by atoms with van der Waals surface area (Å²) in [5, 5.41) is 0. The van der Waals surface area contributed by atoms with E-state index in [1.54, 1.807) is 0 Å². The molecule has 32 heavy (non-hydrogen) atoms. The summed E-state index contributed by atoms with van der Waals surface area (Å²) in [5.41, 5.74) is 0. The van der Waals surface area contributed by atoms with Crippen LogP contribution in [0.5, 0.6) is 11.5 Å². The van der Waals surface area contributed by atoms with Crippen LogP contribution in [0.1, 0.15) is 110 Å². The van der Waals surface area contributed by atoms with Crippen molar-refractivity contribution < 1.29 is 14.3 Å². The van der Waals surface area contributed by atoms with Crippen molar-refractivity contribution in [2.24, 2.45) is 23.7 Å². The van der Waals surface area contributed by atoms with Gasteiger partial charge in [-0.1, -0.05) is 71.6 Å². The predicted molar refractivity (Wildman–Crippen MR) is 132 cm³/mol. The maximum absolute atomic E-state index is 12.5. The second-order valence-corrected chi connectivity index (χ2v) is 10.4. The lowest BCUT2D eigenvalue weighted by Gasteiger charge is -2.28. The molecule has 3 nitrogen and oxygen atoms in total. The van der Waals surface area contributed by atoms with Crippen LogP contribution >= 0.6 is 0 Å². The summed E-state index contributed by atoms with van der Waals surface area (Å²) in [6.07, 6.45) is 19.0. The summed E-state index contributed by atoms with van der Waals surface area (Å²) < 4.78 is 11.6. The van der Waals surface area contributed by atoms with Gasteiger partial charge in [0.15, 0.2) is 0 Å². The van der Waals surface area contributed by atoms with E-state index in [0.29, 0.717) is 5.75 Å². The summed E-state index contributed by atoms with van der Waals surface area (Å²) in [6.45, 7) is 5.33. The maximum Gasteiger partial charge on any atom is 0.314 e. The zero-order valence-corrected chi connectivity index (χ0v) is 20.7. The number of esters is 1. The molecular formula is C29H46O3. The molecule has 1 aromatic rings. The Morgan fingerprint density at radius 1 is 0.719 bits per heavy atom. The first-order valence-electron chi connectivity index (χ1n) is 13.6. The van der Waals surface area contributed by atoms with Gasteiger partial charge in [0, 0.05) is 0 Å². The number of unbranched alkanes of at least 4 members (excludes halogenated alkanes) is 1. The van der Waals surface area contributed by atoms with Gasteiger partial charge < -0.3 is 9.47 Å². The first-order chi connectivity index (χ1) is 15.7. The van der Waals surface area contributed by atoms with Crippen LogP contribution in [0.3, 0.4) is 0 Å². The summed E-state index contributed by atoms with van der Waals surface area (Å²) in [4.78, 5) is 12.5. The van der Waals surface area contributed by atoms with E-state index in [0.717, 1.165) is 49.4 Å². The number of carbonyl (C=O) groups excluding carboxylic acids is 1. The third kappa shape index (κ3) is 8.45. The van der Waals surface area contributed by atoms with Gasteiger partial charge in [0.1, 0.15) is 11.5 Å². The monoisotopic (exact) mass is 442 g/mol. The summed E-state index contributed by atoms with van der Waals surface area (Å²) in [5.74, 6) is 4.22. The van der Waals surface area contributed by atoms with Crippen molar-refractivity contribution in [1.82, 2.24) is 0 Å². The van der Waals surface area contributed by atoms with Gasteiger partial charge in [-0.05, 0) is 80.5 Å². The van der Waals surface area contributed by atoms with Crippen molar-refractivity contribution in [2.75, 3.05) is 6.61 Å². The van der Waals surface area contributed by atoms with Crippen LogP contribution in [0.15, 0.2) is 24.3 Å². The lowest BCUT2D eigenvalue weighted by molar-refractivity contribution is -0.140. The van der Waals surface area contributed by atoms with Gasteiger partial charge in [-0.15, -0.1) is 0 Å². The highest BCUT2D eigenvalue weighted by Crippen LogP contribution is 2.34. The summed E-state index contributed by atoms with van der Waals surface area (Å²) >= 11 is 0. The number of carbonyl (C=O) groups is 1. The molecule has 0 atom stereocenters. The quantitative estimate of drug-likeness (QED) is 0.185. The molecule has 0 unspecified atom stereocenters. The molecule has 2 saturated carbocycles. The minimum Gasteiger partial charge on any atom is -0.494 e. The minimum atomic E-state index is -0.0544. The van der Waals surface area contributed by atoms with Crippen molar-refractivity contribution >= 4 is 5.97 Å². The van der Waals surface area contributed by atoms with Crippen molar-refractivity contribution in [3.05, 3.63) is 24.3 Å². The molecule has 2 aliphatic rings. The molecule has 1 aromatic carbocycles. The van der Waals surface area contributed by atoms with Crippen molar-refractivity contribution in [3.63, 3.8) is 0 Å². The fourth-order valence-electron chi connectivity index (χ4n) is 5.76. The molecule has 2 fully saturated rings. The van der Waals surface area contributed by atoms with E-state index in [9.17, 15) is 4.79 Å². The molecule has 0 heterocycles. The Labute approximate surface area is 196 Å². The number of hydrogen-bond donors (Lipinski definition) is 0. The summed E-state index contributed by atoms with van der Waals surface area (Å²) in [6, 6.07) is 7.60. The van der Waals surface area contributed by atoms with Crippen LogP contribution in [0.25, 0.3) is 0 Å². The molecule has 0 saturated heterocycles. The lowest BCUT2D eigenvalue weighted by Crippen LogP contribution is -2.25. The van der Waals surface area contributed by atoms with Crippen LogP contribution in [0.4, 0.5) is 0 Å². The van der Waals surface area contributed by atoms with E-state index in [1.807, 2.05) is 24.3 Å². The minimum absolute atomic E-state index is 0.0544. The second kappa shape index (κ2) is 13.9. The Bertz CT molecular complexity index is 637. The summed E-state index contributed by atoms with van der Waals surface area (Å²) in [7, 11) is 0. The van der Waals surface area contributed by atoms with E-state index >= 15 is 0 Å². The normalized spacial score (nSPS) is 25.9. The third-order valence-corrected chi connectivity index (χ3v) is 7.88. The van der Waals surface area contributed by atoms with E-state index in [2.05, 4.69) is 13.8 Å². The highest BCUT2D eigenvalue weighted by Gasteiger charge is 2.27. The van der Waals surface area contributed by atoms with Crippen molar-refractivity contribution in [1.29, 1.82) is 0 Å². The number of benzene rings is 1. The van der Waals surface area contributed by atoms with Gasteiger partial charge >= 0.3 is 5.97 Å². The molecule has 0 aliphatic heterocycles. The van der Waals surface area contributed by atoms with Crippen LogP contribution in [0, 0.1) is 23.7 Å². The molecular weight excluding hydrogens is 396 g/mol. The Balaban J connectivity index is 1.29. The number of ether oxygens (including phenoxy) is 2. The van der Waals surface area contributed by atoms with Crippen molar-refractivity contribution in [2.45, 2.75) is 110 Å². The first kappa shape index (κ1) is 25.1. The fourth-order valence-corrected chi connectivity index (χ4v) is 5.76. The predicted octanol–water partition coefficient (Wildman–Crippen LogP) is 8.35. The molecule has 0 aromatic heterocycles. The zero-order valence-electron chi connectivity index (χ0n) is 20.7. The van der Waals surface area contributed by atoms with Gasteiger partial charge in [0.2, 0.25) is 0 Å². The van der Waals surface area contributed by atoms with E-state index in [4.69, 9.17) is 9.47 Å². The topological polar surface area (TPSA) is 35.5 Å². The molecule has 3 heteroatoms. The second-order valence-electron chi connectivity index (χ2n) is 10.4. The first-order valence-corrected chi connectivity index (χ1v) is 13.6. The van der Waals surface area contributed by atoms with Crippen LogP contribution in [0.2, 0.25) is 0 Å². The van der Waals surface area contributed by atoms with E-state index in [-0.39, 0.29) is 11.9 Å². The fraction of sp³-hybridized carbons (Fsp3) is 0.759. The number of hydrogen-bond acceptors (Lipinski definition) is 3. The van der Waals surface area contributed by atoms with E-state index < -0.39 is 0 Å². The van der Waals surface area contributed by atoms with Crippen LogP contribution in [-0.4, -0.2) is 12.6 Å². The largest absolute Gasteiger partial charge is 0.494 e. The van der Waals surface area contributed by atoms with Gasteiger partial charge in [0.25, 0.3) is 0 Å². The van der Waals surface area contributed by atoms with Crippen molar-refractivity contribution in [3.8, 4) is 11.5 Å². The maximum atomic E-state index is 12.5. The molecule has 2 aliphatic carbocycles. The highest BCUT2D eigenvalue weighted by molar-refractivity contribution is 5.75. The lowest BCUT2D eigenvalue weighted by atomic mass is 9.78. The average molecular weight is 443 g/mol. The van der Waals surface area contributed by atoms with E-state index in [1.165, 1.54) is 77.0 Å². The molecule has 0 amide bonds. The van der Waals surface area contributed by atoms with Crippen LogP contribution < -0.4 is 9.47 Å². The smallest absolute Gasteiger partial charge is 0.314 e. The van der Waals surface area contributed by atoms with Gasteiger partial charge in [-0.25, -0.2) is 0 Å². The Hall–Kier alpha value is -1.51. The molecule has 0 bridgehead atoms. The molecule has 0 spiro atoms. The molecule has 180 valence electrons. The number of rotatable bonds is 12. The SMILES string of the molecule is CCCC[C@H]1CC[C@H](C(=O)Oc2ccc(OCCC[C@H]3CC[C@H](CCC)CC3)cc2)CC1. The average Bonchev–Trinajstić information content (AvgIpc) is 2.83. The van der Waals surface area contributed by atoms with Gasteiger partial charge in [-0.3, -0.25) is 4.79 Å². The molecule has 0 radical (unpaired) electrons. The Morgan fingerprint density at radius 3 is 1.84 bits per heavy atom. The highest BCUT2D eigenvalue weighted by atomic mass is 16.5. The van der Waals surface area contributed by atoms with Gasteiger partial charge in [0.05, 0.1) is 12.5 Å². The zero-order chi connectivity index (χ0) is 22.6.